The molecule has 1 fully saturated rings. The van der Waals surface area contributed by atoms with Crippen LogP contribution in [-0.2, 0) is 17.9 Å². The highest BCUT2D eigenvalue weighted by atomic mass is 16.2. The number of aryl methyl sites for hydroxylation is 1. The summed E-state index contributed by atoms with van der Waals surface area (Å²) in [7, 11) is 0. The fraction of sp³-hybridized carbons (Fsp3) is 0.300. The first-order valence-corrected chi connectivity index (χ1v) is 9.05. The van der Waals surface area contributed by atoms with E-state index < -0.39 is 0 Å². The van der Waals surface area contributed by atoms with Crippen LogP contribution in [0.15, 0.2) is 42.7 Å². The van der Waals surface area contributed by atoms with Crippen molar-refractivity contribution in [3.8, 4) is 0 Å². The van der Waals surface area contributed by atoms with Crippen LogP contribution < -0.4 is 5.32 Å². The maximum atomic E-state index is 12.5. The van der Waals surface area contributed by atoms with Gasteiger partial charge in [-0.2, -0.15) is 5.10 Å². The topological polar surface area (TPSA) is 79.6 Å². The van der Waals surface area contributed by atoms with Crippen molar-refractivity contribution in [1.82, 2.24) is 24.8 Å². The molecule has 7 heteroatoms. The molecule has 1 saturated heterocycles. The standard InChI is InChI=1S/C20H21N5O2/c1-14-8-10-25-19(23-14)17(12-22-25)20(27)21-11-15-4-6-16(7-5-15)13-24-9-2-3-18(24)26/h4-8,10,12H,2-3,9,11,13H2,1H3,(H,21,27). The number of hydrogen-bond acceptors (Lipinski definition) is 4. The Morgan fingerprint density at radius 3 is 2.70 bits per heavy atom. The summed E-state index contributed by atoms with van der Waals surface area (Å²) in [5, 5.41) is 7.08. The largest absolute Gasteiger partial charge is 0.348 e. The zero-order valence-electron chi connectivity index (χ0n) is 15.2. The van der Waals surface area contributed by atoms with Gasteiger partial charge in [0.15, 0.2) is 5.65 Å². The molecule has 1 N–H and O–H groups in total. The fourth-order valence-electron chi connectivity index (χ4n) is 3.25. The normalized spacial score (nSPS) is 14.1. The molecule has 0 atom stereocenters. The summed E-state index contributed by atoms with van der Waals surface area (Å²) in [4.78, 5) is 30.5. The molecule has 3 aromatic rings. The number of nitrogens with zero attached hydrogens (tertiary/aromatic N) is 4. The van der Waals surface area contributed by atoms with E-state index in [9.17, 15) is 9.59 Å². The monoisotopic (exact) mass is 363 g/mol. The van der Waals surface area contributed by atoms with Crippen molar-refractivity contribution >= 4 is 17.5 Å². The van der Waals surface area contributed by atoms with Gasteiger partial charge in [-0.15, -0.1) is 0 Å². The van der Waals surface area contributed by atoms with Gasteiger partial charge in [-0.1, -0.05) is 24.3 Å². The predicted molar refractivity (Wildman–Crippen MR) is 100.0 cm³/mol. The first-order valence-electron chi connectivity index (χ1n) is 9.05. The van der Waals surface area contributed by atoms with Gasteiger partial charge in [0.25, 0.3) is 5.91 Å². The van der Waals surface area contributed by atoms with E-state index in [-0.39, 0.29) is 11.8 Å². The number of carbonyl (C=O) groups excluding carboxylic acids is 2. The van der Waals surface area contributed by atoms with E-state index in [1.54, 1.807) is 10.7 Å². The van der Waals surface area contributed by atoms with E-state index >= 15 is 0 Å². The maximum absolute atomic E-state index is 12.5. The van der Waals surface area contributed by atoms with E-state index in [1.807, 2.05) is 42.2 Å². The number of carbonyl (C=O) groups is 2. The number of amides is 2. The second-order valence-electron chi connectivity index (χ2n) is 6.81. The Morgan fingerprint density at radius 2 is 1.96 bits per heavy atom. The van der Waals surface area contributed by atoms with Crippen LogP contribution in [0, 0.1) is 6.92 Å². The van der Waals surface area contributed by atoms with Crippen molar-refractivity contribution in [1.29, 1.82) is 0 Å². The molecular formula is C20H21N5O2. The highest BCUT2D eigenvalue weighted by Gasteiger charge is 2.19. The van der Waals surface area contributed by atoms with E-state index in [0.29, 0.717) is 30.7 Å². The molecule has 27 heavy (non-hydrogen) atoms. The lowest BCUT2D eigenvalue weighted by molar-refractivity contribution is -0.128. The van der Waals surface area contributed by atoms with Gasteiger partial charge in [-0.25, -0.2) is 9.50 Å². The quantitative estimate of drug-likeness (QED) is 0.753. The zero-order valence-corrected chi connectivity index (χ0v) is 15.2. The third kappa shape index (κ3) is 3.67. The Bertz CT molecular complexity index is 993. The van der Waals surface area contributed by atoms with Gasteiger partial charge in [0.1, 0.15) is 5.56 Å². The molecule has 0 radical (unpaired) electrons. The summed E-state index contributed by atoms with van der Waals surface area (Å²) in [6.07, 6.45) is 4.93. The number of aromatic nitrogens is 3. The van der Waals surface area contributed by atoms with Crippen LogP contribution in [-0.4, -0.2) is 37.9 Å². The molecule has 2 amide bonds. The van der Waals surface area contributed by atoms with Crippen LogP contribution in [0.4, 0.5) is 0 Å². The first kappa shape index (κ1) is 17.2. The number of rotatable bonds is 5. The zero-order chi connectivity index (χ0) is 18.8. The molecule has 0 aliphatic carbocycles. The summed E-state index contributed by atoms with van der Waals surface area (Å²) in [5.74, 6) is 0.0263. The van der Waals surface area contributed by atoms with Gasteiger partial charge >= 0.3 is 0 Å². The van der Waals surface area contributed by atoms with E-state index in [1.165, 1.54) is 6.20 Å². The minimum atomic E-state index is -0.199. The SMILES string of the molecule is Cc1ccn2ncc(C(=O)NCc3ccc(CN4CCCC4=O)cc3)c2n1. The second kappa shape index (κ2) is 7.19. The fourth-order valence-corrected chi connectivity index (χ4v) is 3.25. The molecule has 138 valence electrons. The van der Waals surface area contributed by atoms with Gasteiger partial charge in [0.05, 0.1) is 6.20 Å². The van der Waals surface area contributed by atoms with Gasteiger partial charge < -0.3 is 10.2 Å². The molecule has 0 saturated carbocycles. The summed E-state index contributed by atoms with van der Waals surface area (Å²) in [6, 6.07) is 9.82. The summed E-state index contributed by atoms with van der Waals surface area (Å²) < 4.78 is 1.59. The van der Waals surface area contributed by atoms with Crippen molar-refractivity contribution in [3.05, 3.63) is 65.1 Å². The molecule has 1 aliphatic rings. The Kier molecular flexibility index (Phi) is 4.58. The highest BCUT2D eigenvalue weighted by Crippen LogP contribution is 2.15. The molecular weight excluding hydrogens is 342 g/mol. The van der Waals surface area contributed by atoms with Crippen molar-refractivity contribution in [2.24, 2.45) is 0 Å². The van der Waals surface area contributed by atoms with E-state index in [4.69, 9.17) is 0 Å². The van der Waals surface area contributed by atoms with Crippen LogP contribution in [0.3, 0.4) is 0 Å². The number of hydrogen-bond donors (Lipinski definition) is 1. The van der Waals surface area contributed by atoms with Gasteiger partial charge in [0, 0.05) is 37.9 Å². The molecule has 0 unspecified atom stereocenters. The highest BCUT2D eigenvalue weighted by molar-refractivity contribution is 5.99. The Balaban J connectivity index is 1.38. The second-order valence-corrected chi connectivity index (χ2v) is 6.81. The Morgan fingerprint density at radius 1 is 1.19 bits per heavy atom. The molecule has 0 bridgehead atoms. The minimum Gasteiger partial charge on any atom is -0.348 e. The Hall–Kier alpha value is -3.22. The number of fused-ring (bicyclic) bond motifs is 1. The van der Waals surface area contributed by atoms with Crippen LogP contribution in [0.5, 0.6) is 0 Å². The molecule has 4 rings (SSSR count). The molecule has 1 aliphatic heterocycles. The van der Waals surface area contributed by atoms with Gasteiger partial charge in [-0.05, 0) is 30.5 Å². The predicted octanol–water partition coefficient (Wildman–Crippen LogP) is 2.09. The van der Waals surface area contributed by atoms with Crippen LogP contribution in [0.1, 0.15) is 40.0 Å². The van der Waals surface area contributed by atoms with Crippen LogP contribution >= 0.6 is 0 Å². The summed E-state index contributed by atoms with van der Waals surface area (Å²) >= 11 is 0. The van der Waals surface area contributed by atoms with Crippen molar-refractivity contribution in [3.63, 3.8) is 0 Å². The van der Waals surface area contributed by atoms with E-state index in [0.717, 1.165) is 29.8 Å². The first-order chi connectivity index (χ1) is 13.1. The average Bonchev–Trinajstić information content (AvgIpc) is 3.27. The number of likely N-dealkylation sites (tertiary alicyclic amines) is 1. The van der Waals surface area contributed by atoms with Crippen molar-refractivity contribution in [2.75, 3.05) is 6.54 Å². The van der Waals surface area contributed by atoms with Gasteiger partial charge in [-0.3, -0.25) is 9.59 Å². The average molecular weight is 363 g/mol. The third-order valence-corrected chi connectivity index (χ3v) is 4.77. The molecule has 0 spiro atoms. The molecule has 1 aromatic carbocycles. The lowest BCUT2D eigenvalue weighted by atomic mass is 10.1. The maximum Gasteiger partial charge on any atom is 0.257 e. The smallest absolute Gasteiger partial charge is 0.257 e. The van der Waals surface area contributed by atoms with Crippen molar-refractivity contribution in [2.45, 2.75) is 32.9 Å². The van der Waals surface area contributed by atoms with Gasteiger partial charge in [0.2, 0.25) is 5.91 Å². The van der Waals surface area contributed by atoms with Crippen LogP contribution in [0.2, 0.25) is 0 Å². The minimum absolute atomic E-state index is 0.199. The summed E-state index contributed by atoms with van der Waals surface area (Å²) in [6.45, 7) is 3.79. The number of benzene rings is 1. The Labute approximate surface area is 157 Å². The number of nitrogens with one attached hydrogen (secondary N) is 1. The van der Waals surface area contributed by atoms with E-state index in [2.05, 4.69) is 15.4 Å². The third-order valence-electron chi connectivity index (χ3n) is 4.77. The lowest BCUT2D eigenvalue weighted by Gasteiger charge is -2.15. The molecule has 2 aromatic heterocycles. The van der Waals surface area contributed by atoms with Crippen LogP contribution in [0.25, 0.3) is 5.65 Å². The lowest BCUT2D eigenvalue weighted by Crippen LogP contribution is -2.24. The molecule has 7 nitrogen and oxygen atoms in total. The summed E-state index contributed by atoms with van der Waals surface area (Å²) in [5.41, 5.74) is 3.95. The van der Waals surface area contributed by atoms with Crippen molar-refractivity contribution < 1.29 is 9.59 Å². The molecule has 3 heterocycles.